The van der Waals surface area contributed by atoms with Crippen molar-refractivity contribution in [2.45, 2.75) is 39.7 Å². The minimum absolute atomic E-state index is 0.131. The lowest BCUT2D eigenvalue weighted by atomic mass is 10.1. The average Bonchev–Trinajstić information content (AvgIpc) is 3.17. The molecule has 0 aliphatic rings. The van der Waals surface area contributed by atoms with Crippen LogP contribution in [0.25, 0.3) is 11.5 Å². The van der Waals surface area contributed by atoms with Gasteiger partial charge in [0.1, 0.15) is 10.8 Å². The van der Waals surface area contributed by atoms with Crippen LogP contribution in [0.15, 0.2) is 40.9 Å². The van der Waals surface area contributed by atoms with Crippen LogP contribution in [0.5, 0.6) is 5.75 Å². The van der Waals surface area contributed by atoms with Crippen LogP contribution in [-0.2, 0) is 4.79 Å². The predicted molar refractivity (Wildman–Crippen MR) is 114 cm³/mol. The van der Waals surface area contributed by atoms with Crippen molar-refractivity contribution in [3.05, 3.63) is 57.8 Å². The maximum Gasteiger partial charge on any atom is 0.265 e. The Balaban J connectivity index is 1.83. The molecule has 152 valence electrons. The molecule has 0 saturated carbocycles. The molecule has 3 aromatic rings. The highest BCUT2D eigenvalue weighted by molar-refractivity contribution is 6.42. The van der Waals surface area contributed by atoms with Crippen molar-refractivity contribution >= 4 is 34.8 Å². The second-order valence-electron chi connectivity index (χ2n) is 6.91. The van der Waals surface area contributed by atoms with Crippen LogP contribution in [0.4, 0.5) is 5.69 Å². The van der Waals surface area contributed by atoms with Gasteiger partial charge in [0.05, 0.1) is 16.3 Å². The van der Waals surface area contributed by atoms with Gasteiger partial charge in [-0.3, -0.25) is 4.79 Å². The summed E-state index contributed by atoms with van der Waals surface area (Å²) in [6.07, 6.45) is -0.813. The number of amides is 1. The summed E-state index contributed by atoms with van der Waals surface area (Å²) in [7, 11) is 0. The fraction of sp³-hybridized carbons (Fsp3) is 0.286. The Labute approximate surface area is 179 Å². The van der Waals surface area contributed by atoms with Crippen molar-refractivity contribution in [2.75, 3.05) is 5.32 Å². The number of nitrogens with zero attached hydrogens (tertiary/aromatic N) is 2. The molecule has 6 nitrogen and oxygen atoms in total. The van der Waals surface area contributed by atoms with Crippen molar-refractivity contribution in [1.29, 1.82) is 0 Å². The quantitative estimate of drug-likeness (QED) is 0.524. The highest BCUT2D eigenvalue weighted by atomic mass is 35.5. The minimum atomic E-state index is -0.813. The summed E-state index contributed by atoms with van der Waals surface area (Å²) >= 11 is 12.1. The van der Waals surface area contributed by atoms with Gasteiger partial charge in [0.15, 0.2) is 11.9 Å². The molecule has 1 unspecified atom stereocenters. The molecule has 0 fully saturated rings. The molecular weight excluding hydrogens is 413 g/mol. The molecule has 1 atom stereocenters. The smallest absolute Gasteiger partial charge is 0.265 e. The first-order valence-corrected chi connectivity index (χ1v) is 9.88. The van der Waals surface area contributed by atoms with Crippen LogP contribution in [0.3, 0.4) is 0 Å². The van der Waals surface area contributed by atoms with Gasteiger partial charge in [-0.2, -0.15) is 4.98 Å². The Kier molecular flexibility index (Phi) is 6.45. The molecule has 1 aromatic heterocycles. The topological polar surface area (TPSA) is 77.3 Å². The molecule has 0 bridgehead atoms. The van der Waals surface area contributed by atoms with E-state index in [0.29, 0.717) is 33.7 Å². The number of benzene rings is 2. The summed E-state index contributed by atoms with van der Waals surface area (Å²) < 4.78 is 11.1. The number of hydrogen-bond acceptors (Lipinski definition) is 5. The van der Waals surface area contributed by atoms with Crippen molar-refractivity contribution < 1.29 is 14.1 Å². The number of ether oxygens (including phenoxy) is 1. The van der Waals surface area contributed by atoms with E-state index >= 15 is 0 Å². The van der Waals surface area contributed by atoms with Gasteiger partial charge in [-0.05, 0) is 37.6 Å². The Bertz CT molecular complexity index is 1030. The standard InChI is InChI=1S/C21H21Cl2N3O3/c1-11(2)19-25-21(29-26-19)14-8-5-7-12(3)18(14)24-20(27)13(4)28-16-10-6-9-15(22)17(16)23/h5-11,13H,1-4H3,(H,24,27). The summed E-state index contributed by atoms with van der Waals surface area (Å²) in [5, 5.41) is 7.52. The lowest BCUT2D eigenvalue weighted by Gasteiger charge is -2.18. The summed E-state index contributed by atoms with van der Waals surface area (Å²) in [6.45, 7) is 7.48. The average molecular weight is 434 g/mol. The van der Waals surface area contributed by atoms with E-state index in [0.717, 1.165) is 5.56 Å². The van der Waals surface area contributed by atoms with E-state index in [-0.39, 0.29) is 16.8 Å². The first kappa shape index (κ1) is 21.1. The van der Waals surface area contributed by atoms with E-state index in [9.17, 15) is 4.79 Å². The second-order valence-corrected chi connectivity index (χ2v) is 7.70. The van der Waals surface area contributed by atoms with Gasteiger partial charge >= 0.3 is 0 Å². The molecule has 2 aromatic carbocycles. The van der Waals surface area contributed by atoms with Gasteiger partial charge in [-0.25, -0.2) is 0 Å². The first-order valence-electron chi connectivity index (χ1n) is 9.13. The monoisotopic (exact) mass is 433 g/mol. The van der Waals surface area contributed by atoms with E-state index in [2.05, 4.69) is 15.5 Å². The van der Waals surface area contributed by atoms with E-state index in [1.807, 2.05) is 39.0 Å². The number of carbonyl (C=O) groups is 1. The zero-order valence-electron chi connectivity index (χ0n) is 16.5. The molecule has 1 amide bonds. The van der Waals surface area contributed by atoms with Crippen molar-refractivity contribution in [3.8, 4) is 17.2 Å². The third kappa shape index (κ3) is 4.71. The molecular formula is C21H21Cl2N3O3. The third-order valence-electron chi connectivity index (χ3n) is 4.30. The number of hydrogen-bond donors (Lipinski definition) is 1. The van der Waals surface area contributed by atoms with Crippen LogP contribution in [0.1, 0.15) is 38.1 Å². The number of carbonyl (C=O) groups excluding carboxylic acids is 1. The molecule has 0 saturated heterocycles. The van der Waals surface area contributed by atoms with Crippen LogP contribution in [0, 0.1) is 6.92 Å². The Morgan fingerprint density at radius 1 is 1.14 bits per heavy atom. The van der Waals surface area contributed by atoms with Gasteiger partial charge in [-0.1, -0.05) is 60.4 Å². The largest absolute Gasteiger partial charge is 0.479 e. The molecule has 0 radical (unpaired) electrons. The number of nitrogens with one attached hydrogen (secondary N) is 1. The number of anilines is 1. The summed E-state index contributed by atoms with van der Waals surface area (Å²) in [4.78, 5) is 17.2. The van der Waals surface area contributed by atoms with E-state index in [1.54, 1.807) is 25.1 Å². The third-order valence-corrected chi connectivity index (χ3v) is 5.10. The highest BCUT2D eigenvalue weighted by Gasteiger charge is 2.22. The zero-order valence-corrected chi connectivity index (χ0v) is 18.0. The van der Waals surface area contributed by atoms with E-state index < -0.39 is 6.10 Å². The minimum Gasteiger partial charge on any atom is -0.479 e. The number of rotatable bonds is 6. The number of para-hydroxylation sites is 1. The van der Waals surface area contributed by atoms with Gasteiger partial charge in [0, 0.05) is 5.92 Å². The normalized spacial score (nSPS) is 12.1. The molecule has 29 heavy (non-hydrogen) atoms. The Morgan fingerprint density at radius 3 is 2.55 bits per heavy atom. The molecule has 1 N–H and O–H groups in total. The van der Waals surface area contributed by atoms with Crippen LogP contribution >= 0.6 is 23.2 Å². The van der Waals surface area contributed by atoms with Crippen LogP contribution < -0.4 is 10.1 Å². The van der Waals surface area contributed by atoms with Gasteiger partial charge < -0.3 is 14.6 Å². The van der Waals surface area contributed by atoms with Crippen molar-refractivity contribution in [3.63, 3.8) is 0 Å². The van der Waals surface area contributed by atoms with Gasteiger partial charge in [0.25, 0.3) is 11.8 Å². The maximum atomic E-state index is 12.8. The Morgan fingerprint density at radius 2 is 1.86 bits per heavy atom. The van der Waals surface area contributed by atoms with Crippen LogP contribution in [-0.4, -0.2) is 22.2 Å². The number of aromatic nitrogens is 2. The van der Waals surface area contributed by atoms with Crippen molar-refractivity contribution in [1.82, 2.24) is 10.1 Å². The van der Waals surface area contributed by atoms with Gasteiger partial charge in [-0.15, -0.1) is 0 Å². The lowest BCUT2D eigenvalue weighted by molar-refractivity contribution is -0.122. The molecule has 3 rings (SSSR count). The molecule has 1 heterocycles. The van der Waals surface area contributed by atoms with Crippen LogP contribution in [0.2, 0.25) is 10.0 Å². The molecule has 8 heteroatoms. The fourth-order valence-electron chi connectivity index (χ4n) is 2.63. The highest BCUT2D eigenvalue weighted by Crippen LogP contribution is 2.33. The van der Waals surface area contributed by atoms with E-state index in [4.69, 9.17) is 32.5 Å². The molecule has 0 aliphatic heterocycles. The van der Waals surface area contributed by atoms with Crippen molar-refractivity contribution in [2.24, 2.45) is 0 Å². The predicted octanol–water partition coefficient (Wildman–Crippen LogP) is 5.88. The first-order chi connectivity index (χ1) is 13.8. The summed E-state index contributed by atoms with van der Waals surface area (Å²) in [6, 6.07) is 10.6. The SMILES string of the molecule is Cc1cccc(-c2nc(C(C)C)no2)c1NC(=O)C(C)Oc1cccc(Cl)c1Cl. The maximum absolute atomic E-state index is 12.8. The Hall–Kier alpha value is -2.57. The summed E-state index contributed by atoms with van der Waals surface area (Å²) in [5.74, 6) is 1.07. The second kappa shape index (κ2) is 8.84. The molecule has 0 aliphatic carbocycles. The summed E-state index contributed by atoms with van der Waals surface area (Å²) in [5.41, 5.74) is 2.09. The zero-order chi connectivity index (χ0) is 21.1. The fourth-order valence-corrected chi connectivity index (χ4v) is 2.97. The lowest BCUT2D eigenvalue weighted by Crippen LogP contribution is -2.30. The molecule has 0 spiro atoms. The van der Waals surface area contributed by atoms with E-state index in [1.165, 1.54) is 0 Å². The number of halogens is 2. The number of aryl methyl sites for hydroxylation is 1. The van der Waals surface area contributed by atoms with Gasteiger partial charge in [0.2, 0.25) is 0 Å².